The Kier molecular flexibility index (Phi) is 1.90. The molecule has 0 saturated heterocycles. The lowest BCUT2D eigenvalue weighted by molar-refractivity contribution is 0.599. The van der Waals surface area contributed by atoms with E-state index in [2.05, 4.69) is 8.80 Å². The van der Waals surface area contributed by atoms with Gasteiger partial charge in [-0.05, 0) is 10.8 Å². The van der Waals surface area contributed by atoms with E-state index in [1.165, 1.54) is 0 Å². The number of hydrogen-bond acceptors (Lipinski definition) is 2. The zero-order chi connectivity index (χ0) is 13.0. The molecule has 92 valence electrons. The minimum atomic E-state index is -3.74. The molecule has 3 aromatic rings. The second-order valence-electron chi connectivity index (χ2n) is 4.42. The molecule has 3 aromatic carbocycles. The van der Waals surface area contributed by atoms with Crippen LogP contribution in [-0.4, -0.2) is 8.42 Å². The van der Waals surface area contributed by atoms with Gasteiger partial charge in [0, 0.05) is 10.8 Å². The average Bonchev–Trinajstić information content (AvgIpc) is 2.75. The van der Waals surface area contributed by atoms with Crippen molar-refractivity contribution in [1.82, 2.24) is 0 Å². The fraction of sp³-hybridized carbons (Fsp3) is 0. The number of nitrogens with zero attached hydrogens (tertiary/aromatic N) is 2. The third-order valence-electron chi connectivity index (χ3n) is 3.29. The summed E-state index contributed by atoms with van der Waals surface area (Å²) in [7, 11) is -3.74. The van der Waals surface area contributed by atoms with Crippen molar-refractivity contribution in [2.24, 2.45) is 8.80 Å². The minimum absolute atomic E-state index is 0.453. The summed E-state index contributed by atoms with van der Waals surface area (Å²) in [5.41, 5.74) is 0. The highest BCUT2D eigenvalue weighted by Crippen LogP contribution is 2.21. The molecule has 0 saturated carbocycles. The first-order valence-electron chi connectivity index (χ1n) is 5.80. The first-order valence-corrected chi connectivity index (χ1v) is 7.20. The van der Waals surface area contributed by atoms with Crippen LogP contribution in [0.15, 0.2) is 57.3 Å². The molecule has 1 aliphatic rings. The normalized spacial score (nSPS) is 16.0. The van der Waals surface area contributed by atoms with Crippen LogP contribution in [0.2, 0.25) is 0 Å². The predicted molar refractivity (Wildman–Crippen MR) is 72.7 cm³/mol. The molecular formula is C14H8N2O2S. The maximum atomic E-state index is 11.6. The molecule has 0 fully saturated rings. The summed E-state index contributed by atoms with van der Waals surface area (Å²) in [5, 5.41) is 4.53. The second-order valence-corrected chi connectivity index (χ2v) is 5.68. The molecule has 0 aliphatic carbocycles. The zero-order valence-electron chi connectivity index (χ0n) is 9.74. The van der Waals surface area contributed by atoms with Gasteiger partial charge in [0.25, 0.3) is 0 Å². The van der Waals surface area contributed by atoms with Crippen molar-refractivity contribution in [2.45, 2.75) is 0 Å². The van der Waals surface area contributed by atoms with Crippen LogP contribution in [0.25, 0.3) is 21.5 Å². The summed E-state index contributed by atoms with van der Waals surface area (Å²) in [5.74, 6) is 0. The topological polar surface area (TPSA) is 58.9 Å². The Morgan fingerprint density at radius 1 is 0.632 bits per heavy atom. The first-order chi connectivity index (χ1) is 9.16. The molecule has 1 aliphatic heterocycles. The molecule has 0 bridgehead atoms. The van der Waals surface area contributed by atoms with Gasteiger partial charge in [-0.25, -0.2) is 0 Å². The van der Waals surface area contributed by atoms with Gasteiger partial charge in [-0.15, -0.1) is 8.80 Å². The van der Waals surface area contributed by atoms with E-state index in [4.69, 9.17) is 0 Å². The Hall–Kier alpha value is -2.27. The van der Waals surface area contributed by atoms with Crippen LogP contribution in [0, 0.1) is 0 Å². The van der Waals surface area contributed by atoms with Crippen LogP contribution < -0.4 is 10.7 Å². The Bertz CT molecular complexity index is 989. The van der Waals surface area contributed by atoms with Gasteiger partial charge in [-0.1, -0.05) is 48.5 Å². The quantitative estimate of drug-likeness (QED) is 0.580. The molecule has 5 heteroatoms. The van der Waals surface area contributed by atoms with Crippen molar-refractivity contribution in [3.8, 4) is 0 Å². The molecule has 0 aromatic heterocycles. The van der Waals surface area contributed by atoms with Gasteiger partial charge in [0.05, 0.1) is 0 Å². The third-order valence-corrected chi connectivity index (χ3v) is 4.12. The molecule has 19 heavy (non-hydrogen) atoms. The van der Waals surface area contributed by atoms with E-state index in [0.717, 1.165) is 21.5 Å². The molecule has 0 atom stereocenters. The summed E-state index contributed by atoms with van der Waals surface area (Å²) in [6, 6.07) is 15.3. The zero-order valence-corrected chi connectivity index (χ0v) is 10.6. The highest BCUT2D eigenvalue weighted by molar-refractivity contribution is 7.88. The van der Waals surface area contributed by atoms with E-state index in [0.29, 0.717) is 10.7 Å². The van der Waals surface area contributed by atoms with Crippen molar-refractivity contribution in [1.29, 1.82) is 0 Å². The van der Waals surface area contributed by atoms with E-state index in [1.807, 2.05) is 48.5 Å². The standard InChI is InChI=1S/C14H8N2O2S/c17-19(18)15-13-11-7-3-1-5-9(11)10-6-2-4-8-12(10)14(13)16-19/h1-8H. The first kappa shape index (κ1) is 10.6. The van der Waals surface area contributed by atoms with Crippen molar-refractivity contribution in [3.63, 3.8) is 0 Å². The summed E-state index contributed by atoms with van der Waals surface area (Å²) >= 11 is 0. The van der Waals surface area contributed by atoms with Gasteiger partial charge < -0.3 is 0 Å². The van der Waals surface area contributed by atoms with Gasteiger partial charge >= 0.3 is 10.2 Å². The van der Waals surface area contributed by atoms with Crippen LogP contribution in [0.1, 0.15) is 0 Å². The summed E-state index contributed by atoms with van der Waals surface area (Å²) in [6.07, 6.45) is 0. The highest BCUT2D eigenvalue weighted by atomic mass is 32.2. The lowest BCUT2D eigenvalue weighted by Crippen LogP contribution is -2.23. The maximum Gasteiger partial charge on any atom is 0.364 e. The lowest BCUT2D eigenvalue weighted by Gasteiger charge is -2.02. The van der Waals surface area contributed by atoms with Crippen LogP contribution in [0.5, 0.6) is 0 Å². The summed E-state index contributed by atoms with van der Waals surface area (Å²) < 4.78 is 30.8. The Morgan fingerprint density at radius 3 is 1.42 bits per heavy atom. The minimum Gasteiger partial charge on any atom is -0.179 e. The van der Waals surface area contributed by atoms with E-state index in [1.54, 1.807) is 0 Å². The predicted octanol–water partition coefficient (Wildman–Crippen LogP) is 1.49. The molecular weight excluding hydrogens is 260 g/mol. The van der Waals surface area contributed by atoms with Gasteiger partial charge in [-0.3, -0.25) is 0 Å². The van der Waals surface area contributed by atoms with Crippen LogP contribution in [-0.2, 0) is 10.2 Å². The van der Waals surface area contributed by atoms with E-state index in [9.17, 15) is 8.42 Å². The van der Waals surface area contributed by atoms with Gasteiger partial charge in [-0.2, -0.15) is 8.42 Å². The van der Waals surface area contributed by atoms with Gasteiger partial charge in [0.1, 0.15) is 10.7 Å². The molecule has 0 N–H and O–H groups in total. The second kappa shape index (κ2) is 3.39. The van der Waals surface area contributed by atoms with Crippen molar-refractivity contribution in [2.75, 3.05) is 0 Å². The summed E-state index contributed by atoms with van der Waals surface area (Å²) in [6.45, 7) is 0. The third kappa shape index (κ3) is 1.42. The smallest absolute Gasteiger partial charge is 0.179 e. The largest absolute Gasteiger partial charge is 0.364 e. The fourth-order valence-electron chi connectivity index (χ4n) is 2.54. The lowest BCUT2D eigenvalue weighted by atomic mass is 10.0. The molecule has 0 unspecified atom stereocenters. The van der Waals surface area contributed by atoms with Crippen LogP contribution in [0.4, 0.5) is 0 Å². The molecule has 1 heterocycles. The summed E-state index contributed by atoms with van der Waals surface area (Å²) in [4.78, 5) is 0. The number of rotatable bonds is 0. The van der Waals surface area contributed by atoms with Gasteiger partial charge in [0.15, 0.2) is 0 Å². The number of benzene rings is 3. The van der Waals surface area contributed by atoms with Crippen molar-refractivity contribution < 1.29 is 8.42 Å². The molecule has 0 amide bonds. The Balaban J connectivity index is 2.51. The van der Waals surface area contributed by atoms with Crippen molar-refractivity contribution in [3.05, 3.63) is 59.2 Å². The van der Waals surface area contributed by atoms with E-state index >= 15 is 0 Å². The Morgan fingerprint density at radius 2 is 1.00 bits per heavy atom. The molecule has 4 nitrogen and oxygen atoms in total. The van der Waals surface area contributed by atoms with Gasteiger partial charge in [0.2, 0.25) is 0 Å². The maximum absolute atomic E-state index is 11.6. The molecule has 0 spiro atoms. The fourth-order valence-corrected chi connectivity index (χ4v) is 3.41. The molecule has 0 radical (unpaired) electrons. The molecule has 4 rings (SSSR count). The van der Waals surface area contributed by atoms with Crippen LogP contribution in [0.3, 0.4) is 0 Å². The number of fused-ring (bicyclic) bond motifs is 6. The SMILES string of the molecule is O=S1(=O)N=c2c(c3ccccc3c3ccccc23)=N1. The van der Waals surface area contributed by atoms with Crippen LogP contribution >= 0.6 is 0 Å². The number of hydrogen-bond donors (Lipinski definition) is 0. The Labute approximate surface area is 108 Å². The van der Waals surface area contributed by atoms with E-state index in [-0.39, 0.29) is 0 Å². The monoisotopic (exact) mass is 268 g/mol. The van der Waals surface area contributed by atoms with Crippen molar-refractivity contribution >= 4 is 31.8 Å². The average molecular weight is 268 g/mol. The highest BCUT2D eigenvalue weighted by Gasteiger charge is 2.17. The van der Waals surface area contributed by atoms with E-state index < -0.39 is 10.2 Å².